The van der Waals surface area contributed by atoms with E-state index in [1.807, 2.05) is 6.07 Å². The molecule has 0 aromatic heterocycles. The Morgan fingerprint density at radius 2 is 1.60 bits per heavy atom. The monoisotopic (exact) mass is 272 g/mol. The van der Waals surface area contributed by atoms with Gasteiger partial charge >= 0.3 is 11.8 Å². The SMILES string of the molecule is CN(C(=O)C(=O)Nc1ccc(F)cc1)c1ccccc1. The molecule has 0 spiro atoms. The van der Waals surface area contributed by atoms with Gasteiger partial charge in [0.05, 0.1) is 0 Å². The molecule has 0 aliphatic rings. The quantitative estimate of drug-likeness (QED) is 0.854. The van der Waals surface area contributed by atoms with Crippen LogP contribution >= 0.6 is 0 Å². The summed E-state index contributed by atoms with van der Waals surface area (Å²) in [5, 5.41) is 2.42. The van der Waals surface area contributed by atoms with Crippen molar-refractivity contribution in [2.45, 2.75) is 0 Å². The number of nitrogens with one attached hydrogen (secondary N) is 1. The van der Waals surface area contributed by atoms with Crippen LogP contribution in [0.1, 0.15) is 0 Å². The van der Waals surface area contributed by atoms with Gasteiger partial charge < -0.3 is 10.2 Å². The van der Waals surface area contributed by atoms with Crippen molar-refractivity contribution in [3.05, 3.63) is 60.4 Å². The molecule has 2 amide bonds. The number of hydrogen-bond donors (Lipinski definition) is 1. The lowest BCUT2D eigenvalue weighted by Crippen LogP contribution is -2.37. The average molecular weight is 272 g/mol. The molecular weight excluding hydrogens is 259 g/mol. The van der Waals surface area contributed by atoms with E-state index in [2.05, 4.69) is 5.32 Å². The summed E-state index contributed by atoms with van der Waals surface area (Å²) < 4.78 is 12.7. The summed E-state index contributed by atoms with van der Waals surface area (Å²) in [4.78, 5) is 25.0. The molecule has 0 saturated carbocycles. The van der Waals surface area contributed by atoms with Crippen molar-refractivity contribution in [2.24, 2.45) is 0 Å². The highest BCUT2D eigenvalue weighted by atomic mass is 19.1. The van der Waals surface area contributed by atoms with Gasteiger partial charge in [-0.1, -0.05) is 18.2 Å². The summed E-state index contributed by atoms with van der Waals surface area (Å²) >= 11 is 0. The molecule has 2 aromatic carbocycles. The standard InChI is InChI=1S/C15H13FN2O2/c1-18(13-5-3-2-4-6-13)15(20)14(19)17-12-9-7-11(16)8-10-12/h2-10H,1H3,(H,17,19). The molecule has 2 aromatic rings. The maximum Gasteiger partial charge on any atom is 0.316 e. The minimum Gasteiger partial charge on any atom is -0.318 e. The van der Waals surface area contributed by atoms with E-state index < -0.39 is 17.6 Å². The lowest BCUT2D eigenvalue weighted by Gasteiger charge is -2.16. The van der Waals surface area contributed by atoms with Crippen molar-refractivity contribution < 1.29 is 14.0 Å². The predicted octanol–water partition coefficient (Wildman–Crippen LogP) is 2.43. The van der Waals surface area contributed by atoms with E-state index in [9.17, 15) is 14.0 Å². The lowest BCUT2D eigenvalue weighted by atomic mass is 10.3. The van der Waals surface area contributed by atoms with Gasteiger partial charge in [0, 0.05) is 18.4 Å². The summed E-state index contributed by atoms with van der Waals surface area (Å²) in [6.45, 7) is 0. The Bertz CT molecular complexity index is 612. The van der Waals surface area contributed by atoms with Gasteiger partial charge in [-0.2, -0.15) is 0 Å². The summed E-state index contributed by atoms with van der Waals surface area (Å²) in [5.74, 6) is -1.88. The summed E-state index contributed by atoms with van der Waals surface area (Å²) in [5.41, 5.74) is 0.984. The third-order valence-electron chi connectivity index (χ3n) is 2.74. The number of nitrogens with zero attached hydrogens (tertiary/aromatic N) is 1. The minimum absolute atomic E-state index is 0.367. The van der Waals surface area contributed by atoms with Crippen LogP contribution in [0.3, 0.4) is 0 Å². The first kappa shape index (κ1) is 13.7. The maximum atomic E-state index is 12.7. The second-order valence-electron chi connectivity index (χ2n) is 4.16. The van der Waals surface area contributed by atoms with E-state index in [1.165, 1.54) is 36.2 Å². The fourth-order valence-corrected chi connectivity index (χ4v) is 1.64. The van der Waals surface area contributed by atoms with Crippen molar-refractivity contribution >= 4 is 23.2 Å². The molecule has 102 valence electrons. The van der Waals surface area contributed by atoms with Crippen LogP contribution in [0, 0.1) is 5.82 Å². The highest BCUT2D eigenvalue weighted by Crippen LogP contribution is 2.12. The Hall–Kier alpha value is -2.69. The molecule has 0 saturated heterocycles. The number of likely N-dealkylation sites (N-methyl/N-ethyl adjacent to an activating group) is 1. The molecule has 20 heavy (non-hydrogen) atoms. The van der Waals surface area contributed by atoms with Crippen molar-refractivity contribution in [1.82, 2.24) is 0 Å². The van der Waals surface area contributed by atoms with Crippen LogP contribution in [0.25, 0.3) is 0 Å². The molecule has 4 nitrogen and oxygen atoms in total. The maximum absolute atomic E-state index is 12.7. The van der Waals surface area contributed by atoms with Gasteiger partial charge in [0.2, 0.25) is 0 Å². The van der Waals surface area contributed by atoms with E-state index in [1.54, 1.807) is 24.3 Å². The first-order valence-corrected chi connectivity index (χ1v) is 5.97. The van der Waals surface area contributed by atoms with Gasteiger partial charge in [-0.3, -0.25) is 9.59 Å². The van der Waals surface area contributed by atoms with Crippen molar-refractivity contribution in [3.8, 4) is 0 Å². The Morgan fingerprint density at radius 3 is 2.20 bits per heavy atom. The number of para-hydroxylation sites is 1. The topological polar surface area (TPSA) is 49.4 Å². The number of anilines is 2. The highest BCUT2D eigenvalue weighted by molar-refractivity contribution is 6.44. The molecule has 1 N–H and O–H groups in total. The molecule has 5 heteroatoms. The fraction of sp³-hybridized carbons (Fsp3) is 0.0667. The summed E-state index contributed by atoms with van der Waals surface area (Å²) in [7, 11) is 1.52. The number of carbonyl (C=O) groups is 2. The minimum atomic E-state index is -0.775. The fourth-order valence-electron chi connectivity index (χ4n) is 1.64. The lowest BCUT2D eigenvalue weighted by molar-refractivity contribution is -0.134. The zero-order valence-electron chi connectivity index (χ0n) is 10.8. The van der Waals surface area contributed by atoms with E-state index in [-0.39, 0.29) is 0 Å². The predicted molar refractivity (Wildman–Crippen MR) is 74.9 cm³/mol. The van der Waals surface area contributed by atoms with Crippen LogP contribution in [0.15, 0.2) is 54.6 Å². The van der Waals surface area contributed by atoms with Crippen LogP contribution in [0.4, 0.5) is 15.8 Å². The number of halogens is 1. The molecule has 0 radical (unpaired) electrons. The zero-order chi connectivity index (χ0) is 14.5. The largest absolute Gasteiger partial charge is 0.318 e. The van der Waals surface area contributed by atoms with Crippen LogP contribution in [-0.2, 0) is 9.59 Å². The molecule has 0 unspecified atom stereocenters. The van der Waals surface area contributed by atoms with Gasteiger partial charge in [0.1, 0.15) is 5.82 Å². The number of rotatable bonds is 2. The summed E-state index contributed by atoms with van der Waals surface area (Å²) in [6, 6.07) is 14.0. The Morgan fingerprint density at radius 1 is 1.00 bits per heavy atom. The first-order chi connectivity index (χ1) is 9.58. The Balaban J connectivity index is 2.05. The number of amides is 2. The second kappa shape index (κ2) is 5.97. The molecule has 0 fully saturated rings. The average Bonchev–Trinajstić information content (AvgIpc) is 2.49. The van der Waals surface area contributed by atoms with Crippen LogP contribution in [0.5, 0.6) is 0 Å². The number of benzene rings is 2. The van der Waals surface area contributed by atoms with Crippen LogP contribution in [-0.4, -0.2) is 18.9 Å². The van der Waals surface area contributed by atoms with Crippen molar-refractivity contribution in [1.29, 1.82) is 0 Å². The molecule has 0 heterocycles. The zero-order valence-corrected chi connectivity index (χ0v) is 10.8. The van der Waals surface area contributed by atoms with E-state index in [0.717, 1.165) is 0 Å². The molecule has 0 bridgehead atoms. The van der Waals surface area contributed by atoms with Gasteiger partial charge in [-0.15, -0.1) is 0 Å². The van der Waals surface area contributed by atoms with E-state index >= 15 is 0 Å². The van der Waals surface area contributed by atoms with Crippen LogP contribution < -0.4 is 10.2 Å². The molecular formula is C15H13FN2O2. The van der Waals surface area contributed by atoms with Gasteiger partial charge in [0.25, 0.3) is 0 Å². The van der Waals surface area contributed by atoms with Gasteiger partial charge in [-0.05, 0) is 36.4 Å². The first-order valence-electron chi connectivity index (χ1n) is 5.97. The highest BCUT2D eigenvalue weighted by Gasteiger charge is 2.19. The third kappa shape index (κ3) is 3.20. The molecule has 0 aliphatic heterocycles. The molecule has 0 aliphatic carbocycles. The van der Waals surface area contributed by atoms with Crippen molar-refractivity contribution in [3.63, 3.8) is 0 Å². The van der Waals surface area contributed by atoms with E-state index in [0.29, 0.717) is 11.4 Å². The summed E-state index contributed by atoms with van der Waals surface area (Å²) in [6.07, 6.45) is 0. The van der Waals surface area contributed by atoms with Crippen molar-refractivity contribution in [2.75, 3.05) is 17.3 Å². The van der Waals surface area contributed by atoms with Gasteiger partial charge in [0.15, 0.2) is 0 Å². The number of carbonyl (C=O) groups excluding carboxylic acids is 2. The number of hydrogen-bond acceptors (Lipinski definition) is 2. The molecule has 2 rings (SSSR count). The molecule has 0 atom stereocenters. The third-order valence-corrected chi connectivity index (χ3v) is 2.74. The van der Waals surface area contributed by atoms with Crippen LogP contribution in [0.2, 0.25) is 0 Å². The second-order valence-corrected chi connectivity index (χ2v) is 4.16. The Kier molecular flexibility index (Phi) is 4.10. The Labute approximate surface area is 115 Å². The van der Waals surface area contributed by atoms with Gasteiger partial charge in [-0.25, -0.2) is 4.39 Å². The smallest absolute Gasteiger partial charge is 0.316 e. The van der Waals surface area contributed by atoms with E-state index in [4.69, 9.17) is 0 Å². The normalized spacial score (nSPS) is 9.90.